The van der Waals surface area contributed by atoms with Crippen LogP contribution in [0.3, 0.4) is 0 Å². The predicted molar refractivity (Wildman–Crippen MR) is 121 cm³/mol. The Morgan fingerprint density at radius 1 is 0.906 bits per heavy atom. The number of sulfonamides is 1. The van der Waals surface area contributed by atoms with Crippen molar-refractivity contribution in [2.24, 2.45) is 5.92 Å². The van der Waals surface area contributed by atoms with Crippen molar-refractivity contribution in [1.29, 1.82) is 0 Å². The second kappa shape index (κ2) is 10.4. The highest BCUT2D eigenvalue weighted by Gasteiger charge is 2.32. The largest absolute Gasteiger partial charge is 0.473 e. The van der Waals surface area contributed by atoms with Gasteiger partial charge in [-0.1, -0.05) is 50.1 Å². The molecule has 1 saturated heterocycles. The van der Waals surface area contributed by atoms with Crippen molar-refractivity contribution in [2.75, 3.05) is 26.2 Å². The van der Waals surface area contributed by atoms with Gasteiger partial charge >= 0.3 is 11.9 Å². The Balaban J connectivity index is 0.000000427. The Labute approximate surface area is 188 Å². The zero-order valence-electron chi connectivity index (χ0n) is 18.2. The lowest BCUT2D eigenvalue weighted by atomic mass is 9.86. The van der Waals surface area contributed by atoms with Crippen LogP contribution in [0.15, 0.2) is 47.4 Å². The van der Waals surface area contributed by atoms with Crippen LogP contribution in [0.25, 0.3) is 10.8 Å². The fourth-order valence-corrected chi connectivity index (χ4v) is 5.98. The summed E-state index contributed by atoms with van der Waals surface area (Å²) in [4.78, 5) is 21.1. The second-order valence-electron chi connectivity index (χ2n) is 8.48. The molecule has 4 rings (SSSR count). The van der Waals surface area contributed by atoms with Gasteiger partial charge < -0.3 is 10.2 Å². The second-order valence-corrected chi connectivity index (χ2v) is 10.4. The molecule has 2 unspecified atom stereocenters. The smallest absolute Gasteiger partial charge is 0.414 e. The van der Waals surface area contributed by atoms with Crippen molar-refractivity contribution in [3.63, 3.8) is 0 Å². The predicted octanol–water partition coefficient (Wildman–Crippen LogP) is 2.88. The molecule has 32 heavy (non-hydrogen) atoms. The zero-order valence-corrected chi connectivity index (χ0v) is 19.0. The van der Waals surface area contributed by atoms with Crippen LogP contribution < -0.4 is 0 Å². The first-order valence-electron chi connectivity index (χ1n) is 10.9. The molecule has 1 aliphatic heterocycles. The van der Waals surface area contributed by atoms with Gasteiger partial charge in [-0.3, -0.25) is 4.90 Å². The summed E-state index contributed by atoms with van der Waals surface area (Å²) in [5, 5.41) is 16.8. The summed E-state index contributed by atoms with van der Waals surface area (Å²) in [6, 6.07) is 14.0. The minimum atomic E-state index is -3.41. The van der Waals surface area contributed by atoms with E-state index in [-0.39, 0.29) is 0 Å². The van der Waals surface area contributed by atoms with E-state index in [1.807, 2.05) is 30.3 Å². The van der Waals surface area contributed by atoms with Gasteiger partial charge in [0.05, 0.1) is 4.90 Å². The summed E-state index contributed by atoms with van der Waals surface area (Å²) in [6.07, 6.45) is 5.17. The molecule has 8 nitrogen and oxygen atoms in total. The molecule has 0 radical (unpaired) electrons. The fourth-order valence-electron chi connectivity index (χ4n) is 4.52. The van der Waals surface area contributed by atoms with Gasteiger partial charge in [-0.25, -0.2) is 18.0 Å². The third-order valence-corrected chi connectivity index (χ3v) is 8.13. The Hall–Kier alpha value is -2.49. The molecule has 0 aromatic heterocycles. The molecular formula is C23H30N2O6S. The van der Waals surface area contributed by atoms with Gasteiger partial charge in [0.2, 0.25) is 10.0 Å². The molecule has 2 aromatic rings. The van der Waals surface area contributed by atoms with Gasteiger partial charge in [-0.2, -0.15) is 4.31 Å². The lowest BCUT2D eigenvalue weighted by molar-refractivity contribution is -0.159. The minimum Gasteiger partial charge on any atom is -0.473 e. The third kappa shape index (κ3) is 5.85. The van der Waals surface area contributed by atoms with E-state index < -0.39 is 22.0 Å². The molecule has 2 aromatic carbocycles. The first kappa shape index (κ1) is 24.2. The van der Waals surface area contributed by atoms with Crippen molar-refractivity contribution in [2.45, 2.75) is 43.5 Å². The Kier molecular flexibility index (Phi) is 7.86. The molecular weight excluding hydrogens is 432 g/mol. The molecule has 1 aliphatic carbocycles. The van der Waals surface area contributed by atoms with E-state index >= 15 is 0 Å². The number of benzene rings is 2. The molecule has 1 heterocycles. The normalized spacial score (nSPS) is 22.7. The van der Waals surface area contributed by atoms with Crippen molar-refractivity contribution < 1.29 is 28.2 Å². The van der Waals surface area contributed by atoms with E-state index in [0.717, 1.165) is 29.8 Å². The lowest BCUT2D eigenvalue weighted by Gasteiger charge is -2.41. The van der Waals surface area contributed by atoms with Gasteiger partial charge in [0.1, 0.15) is 0 Å². The Morgan fingerprint density at radius 2 is 1.53 bits per heavy atom. The van der Waals surface area contributed by atoms with E-state index in [1.165, 1.54) is 25.7 Å². The number of nitrogens with zero attached hydrogens (tertiary/aromatic N) is 2. The average Bonchev–Trinajstić information content (AvgIpc) is 2.79. The summed E-state index contributed by atoms with van der Waals surface area (Å²) in [5.74, 6) is -2.85. The summed E-state index contributed by atoms with van der Waals surface area (Å²) in [6.45, 7) is 5.24. The standard InChI is InChI=1S/C21H28N2O2S.C2H2O4/c1-17-5-4-8-20(15-17)22-11-13-23(14-12-22)26(24,25)21-10-9-18-6-2-3-7-19(18)16-21;3-1(4)2(5)6/h2-3,6-7,9-10,16-17,20H,4-5,8,11-15H2,1H3;(H,3,4)(H,5,6). The highest BCUT2D eigenvalue weighted by atomic mass is 32.2. The number of hydrogen-bond acceptors (Lipinski definition) is 5. The molecule has 174 valence electrons. The molecule has 2 aliphatic rings. The lowest BCUT2D eigenvalue weighted by Crippen LogP contribution is -2.52. The van der Waals surface area contributed by atoms with Crippen molar-refractivity contribution >= 4 is 32.7 Å². The molecule has 1 saturated carbocycles. The summed E-state index contributed by atoms with van der Waals surface area (Å²) in [7, 11) is -3.41. The summed E-state index contributed by atoms with van der Waals surface area (Å²) < 4.78 is 27.8. The van der Waals surface area contributed by atoms with Crippen molar-refractivity contribution in [1.82, 2.24) is 9.21 Å². The minimum absolute atomic E-state index is 0.413. The number of carboxylic acid groups (broad SMARTS) is 2. The van der Waals surface area contributed by atoms with E-state index in [0.29, 0.717) is 24.0 Å². The number of rotatable bonds is 3. The van der Waals surface area contributed by atoms with Crippen LogP contribution in [0.2, 0.25) is 0 Å². The van der Waals surface area contributed by atoms with Gasteiger partial charge in [-0.15, -0.1) is 0 Å². The maximum atomic E-state index is 13.1. The van der Waals surface area contributed by atoms with Crippen LogP contribution in [-0.4, -0.2) is 72.0 Å². The monoisotopic (exact) mass is 462 g/mol. The molecule has 2 atom stereocenters. The van der Waals surface area contributed by atoms with Gasteiger partial charge in [-0.05, 0) is 41.7 Å². The number of carboxylic acids is 2. The van der Waals surface area contributed by atoms with Crippen LogP contribution >= 0.6 is 0 Å². The fraction of sp³-hybridized carbons (Fsp3) is 0.478. The summed E-state index contributed by atoms with van der Waals surface area (Å²) >= 11 is 0. The van der Waals surface area contributed by atoms with Crippen LogP contribution in [0.4, 0.5) is 0 Å². The molecule has 0 bridgehead atoms. The number of aliphatic carboxylic acids is 2. The maximum Gasteiger partial charge on any atom is 0.414 e. The molecule has 0 spiro atoms. The summed E-state index contributed by atoms with van der Waals surface area (Å²) in [5.41, 5.74) is 0. The Morgan fingerprint density at radius 3 is 2.12 bits per heavy atom. The highest BCUT2D eigenvalue weighted by Crippen LogP contribution is 2.29. The average molecular weight is 463 g/mol. The van der Waals surface area contributed by atoms with Gasteiger partial charge in [0.25, 0.3) is 0 Å². The Bertz CT molecular complexity index is 1050. The molecule has 0 amide bonds. The number of fused-ring (bicyclic) bond motifs is 1. The first-order chi connectivity index (χ1) is 15.2. The quantitative estimate of drug-likeness (QED) is 0.674. The van der Waals surface area contributed by atoms with Crippen LogP contribution in [0.5, 0.6) is 0 Å². The SMILES string of the molecule is CC1CCCC(N2CCN(S(=O)(=O)c3ccc4ccccc4c3)CC2)C1.O=C(O)C(=O)O. The van der Waals surface area contributed by atoms with Crippen molar-refractivity contribution in [3.8, 4) is 0 Å². The number of carbonyl (C=O) groups is 2. The van der Waals surface area contributed by atoms with Gasteiger partial charge in [0.15, 0.2) is 0 Å². The first-order valence-corrected chi connectivity index (χ1v) is 12.3. The van der Waals surface area contributed by atoms with Gasteiger partial charge in [0, 0.05) is 32.2 Å². The highest BCUT2D eigenvalue weighted by molar-refractivity contribution is 7.89. The van der Waals surface area contributed by atoms with E-state index in [1.54, 1.807) is 16.4 Å². The third-order valence-electron chi connectivity index (χ3n) is 6.24. The molecule has 2 N–H and O–H groups in total. The van der Waals surface area contributed by atoms with Crippen LogP contribution in [0.1, 0.15) is 32.6 Å². The van der Waals surface area contributed by atoms with Crippen molar-refractivity contribution in [3.05, 3.63) is 42.5 Å². The molecule has 2 fully saturated rings. The molecule has 9 heteroatoms. The van der Waals surface area contributed by atoms with Crippen LogP contribution in [-0.2, 0) is 19.6 Å². The van der Waals surface area contributed by atoms with E-state index in [9.17, 15) is 8.42 Å². The number of hydrogen-bond donors (Lipinski definition) is 2. The van der Waals surface area contributed by atoms with E-state index in [2.05, 4.69) is 11.8 Å². The number of piperazine rings is 1. The zero-order chi connectivity index (χ0) is 23.3. The van der Waals surface area contributed by atoms with Crippen LogP contribution in [0, 0.1) is 5.92 Å². The van der Waals surface area contributed by atoms with E-state index in [4.69, 9.17) is 19.8 Å². The maximum absolute atomic E-state index is 13.1. The topological polar surface area (TPSA) is 115 Å².